The quantitative estimate of drug-likeness (QED) is 0.680. The Kier molecular flexibility index (Phi) is 4.35. The third-order valence-corrected chi connectivity index (χ3v) is 2.48. The summed E-state index contributed by atoms with van der Waals surface area (Å²) in [5, 5.41) is 3.21. The zero-order chi connectivity index (χ0) is 10.6. The van der Waals surface area contributed by atoms with E-state index in [0.717, 1.165) is 13.0 Å². The molecule has 0 aromatic rings. The largest absolute Gasteiger partial charge is 0.465 e. The predicted octanol–water partition coefficient (Wildman–Crippen LogP) is 0.705. The monoisotopic (exact) mass is 201 g/mol. The zero-order valence-electron chi connectivity index (χ0n) is 9.08. The van der Waals surface area contributed by atoms with E-state index in [0.29, 0.717) is 6.61 Å². The number of rotatable bonds is 4. The van der Waals surface area contributed by atoms with Crippen LogP contribution in [0.3, 0.4) is 0 Å². The van der Waals surface area contributed by atoms with Crippen LogP contribution in [0.15, 0.2) is 0 Å². The standard InChI is InChI=1S/C10H19NO3/c1-4-13-10(12)7(2)11-9-5-6-14-8(9)3/h7-9,11H,4-6H2,1-3H3. The van der Waals surface area contributed by atoms with Crippen LogP contribution in [0.25, 0.3) is 0 Å². The fourth-order valence-corrected chi connectivity index (χ4v) is 1.61. The molecule has 82 valence electrons. The molecule has 0 bridgehead atoms. The average molecular weight is 201 g/mol. The maximum atomic E-state index is 11.3. The van der Waals surface area contributed by atoms with Gasteiger partial charge in [-0.25, -0.2) is 0 Å². The summed E-state index contributed by atoms with van der Waals surface area (Å²) < 4.78 is 10.3. The highest BCUT2D eigenvalue weighted by Crippen LogP contribution is 2.13. The van der Waals surface area contributed by atoms with Crippen LogP contribution < -0.4 is 5.32 Å². The molecule has 1 saturated heterocycles. The summed E-state index contributed by atoms with van der Waals surface area (Å²) in [5.41, 5.74) is 0. The molecule has 1 heterocycles. The van der Waals surface area contributed by atoms with Gasteiger partial charge in [0.1, 0.15) is 6.04 Å². The van der Waals surface area contributed by atoms with E-state index in [9.17, 15) is 4.79 Å². The molecule has 0 spiro atoms. The number of carbonyl (C=O) groups is 1. The summed E-state index contributed by atoms with van der Waals surface area (Å²) in [4.78, 5) is 11.3. The van der Waals surface area contributed by atoms with E-state index >= 15 is 0 Å². The molecule has 3 atom stereocenters. The zero-order valence-corrected chi connectivity index (χ0v) is 9.08. The first-order chi connectivity index (χ1) is 6.65. The molecule has 1 aliphatic heterocycles. The molecule has 0 aromatic carbocycles. The number of nitrogens with one attached hydrogen (secondary N) is 1. The van der Waals surface area contributed by atoms with Crippen molar-refractivity contribution in [3.63, 3.8) is 0 Å². The Balaban J connectivity index is 2.32. The Morgan fingerprint density at radius 2 is 2.43 bits per heavy atom. The second kappa shape index (κ2) is 5.32. The van der Waals surface area contributed by atoms with Gasteiger partial charge in [0.2, 0.25) is 0 Å². The van der Waals surface area contributed by atoms with Gasteiger partial charge >= 0.3 is 5.97 Å². The van der Waals surface area contributed by atoms with Crippen molar-refractivity contribution in [3.05, 3.63) is 0 Å². The minimum Gasteiger partial charge on any atom is -0.465 e. The van der Waals surface area contributed by atoms with Crippen LogP contribution in [0.5, 0.6) is 0 Å². The van der Waals surface area contributed by atoms with Gasteiger partial charge in [-0.2, -0.15) is 0 Å². The van der Waals surface area contributed by atoms with E-state index < -0.39 is 0 Å². The van der Waals surface area contributed by atoms with Gasteiger partial charge in [0.25, 0.3) is 0 Å². The van der Waals surface area contributed by atoms with Crippen LogP contribution in [-0.4, -0.2) is 37.4 Å². The van der Waals surface area contributed by atoms with Crippen molar-refractivity contribution in [1.29, 1.82) is 0 Å². The van der Waals surface area contributed by atoms with Gasteiger partial charge in [-0.15, -0.1) is 0 Å². The SMILES string of the molecule is CCOC(=O)C(C)NC1CCOC1C. The molecule has 0 radical (unpaired) electrons. The molecule has 0 aliphatic carbocycles. The second-order valence-corrected chi connectivity index (χ2v) is 3.61. The van der Waals surface area contributed by atoms with Crippen LogP contribution in [0.4, 0.5) is 0 Å². The van der Waals surface area contributed by atoms with Gasteiger partial charge in [0.15, 0.2) is 0 Å². The van der Waals surface area contributed by atoms with Crippen molar-refractivity contribution in [1.82, 2.24) is 5.32 Å². The number of carbonyl (C=O) groups excluding carboxylic acids is 1. The fraction of sp³-hybridized carbons (Fsp3) is 0.900. The van der Waals surface area contributed by atoms with Gasteiger partial charge < -0.3 is 9.47 Å². The molecule has 0 amide bonds. The Morgan fingerprint density at radius 1 is 1.71 bits per heavy atom. The van der Waals surface area contributed by atoms with Crippen molar-refractivity contribution < 1.29 is 14.3 Å². The van der Waals surface area contributed by atoms with Gasteiger partial charge in [-0.05, 0) is 27.2 Å². The maximum absolute atomic E-state index is 11.3. The first kappa shape index (κ1) is 11.5. The number of hydrogen-bond acceptors (Lipinski definition) is 4. The highest BCUT2D eigenvalue weighted by molar-refractivity contribution is 5.75. The Hall–Kier alpha value is -0.610. The molecule has 1 rings (SSSR count). The molecule has 4 nitrogen and oxygen atoms in total. The predicted molar refractivity (Wildman–Crippen MR) is 53.0 cm³/mol. The van der Waals surface area contributed by atoms with E-state index in [1.54, 1.807) is 0 Å². The third-order valence-electron chi connectivity index (χ3n) is 2.48. The van der Waals surface area contributed by atoms with Crippen LogP contribution in [0, 0.1) is 0 Å². The van der Waals surface area contributed by atoms with Gasteiger partial charge in [-0.3, -0.25) is 10.1 Å². The lowest BCUT2D eigenvalue weighted by atomic mass is 10.1. The first-order valence-corrected chi connectivity index (χ1v) is 5.19. The van der Waals surface area contributed by atoms with Gasteiger partial charge in [0.05, 0.1) is 12.7 Å². The molecular weight excluding hydrogens is 182 g/mol. The summed E-state index contributed by atoms with van der Waals surface area (Å²) in [5.74, 6) is -0.188. The second-order valence-electron chi connectivity index (χ2n) is 3.61. The van der Waals surface area contributed by atoms with E-state index in [-0.39, 0.29) is 24.2 Å². The highest BCUT2D eigenvalue weighted by Gasteiger charge is 2.27. The lowest BCUT2D eigenvalue weighted by molar-refractivity contribution is -0.145. The van der Waals surface area contributed by atoms with Crippen molar-refractivity contribution in [2.75, 3.05) is 13.2 Å². The Labute approximate surface area is 85.0 Å². The normalized spacial score (nSPS) is 28.8. The molecule has 1 N–H and O–H groups in total. The third kappa shape index (κ3) is 2.96. The molecule has 1 aliphatic rings. The minimum atomic E-state index is -0.246. The van der Waals surface area contributed by atoms with Crippen molar-refractivity contribution in [2.45, 2.75) is 45.4 Å². The van der Waals surface area contributed by atoms with E-state index in [1.165, 1.54) is 0 Å². The average Bonchev–Trinajstić information content (AvgIpc) is 2.52. The number of hydrogen-bond donors (Lipinski definition) is 1. The number of esters is 1. The molecule has 14 heavy (non-hydrogen) atoms. The van der Waals surface area contributed by atoms with E-state index in [4.69, 9.17) is 9.47 Å². The number of ether oxygens (including phenoxy) is 2. The van der Waals surface area contributed by atoms with Crippen LogP contribution in [0.2, 0.25) is 0 Å². The van der Waals surface area contributed by atoms with Crippen LogP contribution in [0.1, 0.15) is 27.2 Å². The lowest BCUT2D eigenvalue weighted by Gasteiger charge is -2.20. The van der Waals surface area contributed by atoms with Crippen molar-refractivity contribution in [2.24, 2.45) is 0 Å². The minimum absolute atomic E-state index is 0.187. The van der Waals surface area contributed by atoms with Gasteiger partial charge in [0, 0.05) is 12.6 Å². The van der Waals surface area contributed by atoms with Crippen molar-refractivity contribution in [3.8, 4) is 0 Å². The molecule has 0 saturated carbocycles. The lowest BCUT2D eigenvalue weighted by Crippen LogP contribution is -2.45. The first-order valence-electron chi connectivity index (χ1n) is 5.19. The summed E-state index contributed by atoms with van der Waals surface area (Å²) in [6.45, 7) is 6.85. The molecule has 4 heteroatoms. The molecule has 3 unspecified atom stereocenters. The summed E-state index contributed by atoms with van der Waals surface area (Å²) in [6.07, 6.45) is 1.15. The Bertz CT molecular complexity index is 196. The van der Waals surface area contributed by atoms with Crippen molar-refractivity contribution >= 4 is 5.97 Å². The molecule has 0 aromatic heterocycles. The smallest absolute Gasteiger partial charge is 0.322 e. The highest BCUT2D eigenvalue weighted by atomic mass is 16.5. The Morgan fingerprint density at radius 3 is 2.93 bits per heavy atom. The maximum Gasteiger partial charge on any atom is 0.322 e. The summed E-state index contributed by atoms with van der Waals surface area (Å²) >= 11 is 0. The fourth-order valence-electron chi connectivity index (χ4n) is 1.61. The topological polar surface area (TPSA) is 47.6 Å². The van der Waals surface area contributed by atoms with Crippen LogP contribution in [-0.2, 0) is 14.3 Å². The molecule has 1 fully saturated rings. The molecular formula is C10H19NO3. The van der Waals surface area contributed by atoms with E-state index in [2.05, 4.69) is 5.32 Å². The van der Waals surface area contributed by atoms with Crippen LogP contribution >= 0.6 is 0 Å². The van der Waals surface area contributed by atoms with E-state index in [1.807, 2.05) is 20.8 Å². The summed E-state index contributed by atoms with van der Waals surface area (Å²) in [7, 11) is 0. The van der Waals surface area contributed by atoms with Gasteiger partial charge in [-0.1, -0.05) is 0 Å². The summed E-state index contributed by atoms with van der Waals surface area (Å²) in [6, 6.07) is 0.0264.